The maximum atomic E-state index is 3.75. The van der Waals surface area contributed by atoms with Gasteiger partial charge in [-0.25, -0.2) is 0 Å². The number of hydrogen-bond acceptors (Lipinski definition) is 2. The Morgan fingerprint density at radius 1 is 1.17 bits per heavy atom. The number of aryl methyl sites for hydroxylation is 1. The lowest BCUT2D eigenvalue weighted by Crippen LogP contribution is -2.06. The third-order valence-electron chi connectivity index (χ3n) is 1.81. The first-order chi connectivity index (χ1) is 5.58. The van der Waals surface area contributed by atoms with Crippen LogP contribution in [0.15, 0.2) is 12.7 Å². The lowest BCUT2D eigenvalue weighted by atomic mass is 9.91. The van der Waals surface area contributed by atoms with Gasteiger partial charge in [0.1, 0.15) is 12.7 Å². The van der Waals surface area contributed by atoms with E-state index in [9.17, 15) is 0 Å². The molecule has 0 bridgehead atoms. The summed E-state index contributed by atoms with van der Waals surface area (Å²) in [5.74, 6) is 0. The Bertz CT molecular complexity index is 208. The zero-order valence-corrected chi connectivity index (χ0v) is 8.12. The molecule has 0 spiro atoms. The maximum Gasteiger partial charge on any atom is 0.119 e. The van der Waals surface area contributed by atoms with E-state index in [0.717, 1.165) is 6.54 Å². The van der Waals surface area contributed by atoms with Crippen molar-refractivity contribution in [3.05, 3.63) is 12.7 Å². The van der Waals surface area contributed by atoms with E-state index in [1.807, 2.05) is 4.57 Å². The van der Waals surface area contributed by atoms with Crippen molar-refractivity contribution in [2.24, 2.45) is 5.41 Å². The highest BCUT2D eigenvalue weighted by molar-refractivity contribution is 4.64. The summed E-state index contributed by atoms with van der Waals surface area (Å²) >= 11 is 0. The molecule has 0 unspecified atom stereocenters. The van der Waals surface area contributed by atoms with Crippen molar-refractivity contribution in [1.29, 1.82) is 0 Å². The van der Waals surface area contributed by atoms with Gasteiger partial charge in [-0.15, -0.1) is 10.2 Å². The van der Waals surface area contributed by atoms with Crippen molar-refractivity contribution in [3.8, 4) is 0 Å². The standard InChI is InChI=1S/C9H17N3/c1-9(2,3)5-4-6-12-7-10-11-8-12/h7-8H,4-6H2,1-3H3. The molecule has 1 aromatic heterocycles. The average Bonchev–Trinajstić information content (AvgIpc) is 2.36. The second kappa shape index (κ2) is 3.70. The fourth-order valence-electron chi connectivity index (χ4n) is 1.13. The Kier molecular flexibility index (Phi) is 2.84. The minimum absolute atomic E-state index is 0.439. The fraction of sp³-hybridized carbons (Fsp3) is 0.778. The van der Waals surface area contributed by atoms with Crippen molar-refractivity contribution < 1.29 is 0 Å². The predicted molar refractivity (Wildman–Crippen MR) is 48.7 cm³/mol. The summed E-state index contributed by atoms with van der Waals surface area (Å²) < 4.78 is 2.02. The van der Waals surface area contributed by atoms with E-state index in [-0.39, 0.29) is 0 Å². The van der Waals surface area contributed by atoms with Crippen LogP contribution in [0.4, 0.5) is 0 Å². The monoisotopic (exact) mass is 167 g/mol. The lowest BCUT2D eigenvalue weighted by molar-refractivity contribution is 0.353. The summed E-state index contributed by atoms with van der Waals surface area (Å²) in [5.41, 5.74) is 0.439. The van der Waals surface area contributed by atoms with Crippen LogP contribution in [0.25, 0.3) is 0 Å². The molecule has 0 saturated carbocycles. The maximum absolute atomic E-state index is 3.75. The van der Waals surface area contributed by atoms with Crippen LogP contribution in [0.2, 0.25) is 0 Å². The number of hydrogen-bond donors (Lipinski definition) is 0. The molecule has 3 heteroatoms. The number of rotatable bonds is 3. The van der Waals surface area contributed by atoms with Crippen molar-refractivity contribution in [2.75, 3.05) is 0 Å². The van der Waals surface area contributed by atoms with Crippen molar-refractivity contribution in [1.82, 2.24) is 14.8 Å². The van der Waals surface area contributed by atoms with Crippen LogP contribution in [0.1, 0.15) is 33.6 Å². The molecule has 0 fully saturated rings. The molecule has 1 rings (SSSR count). The lowest BCUT2D eigenvalue weighted by Gasteiger charge is -2.17. The Hall–Kier alpha value is -0.860. The SMILES string of the molecule is CC(C)(C)CCCn1cnnc1. The highest BCUT2D eigenvalue weighted by Gasteiger charge is 2.08. The van der Waals surface area contributed by atoms with Crippen LogP contribution < -0.4 is 0 Å². The molecule has 68 valence electrons. The molecule has 3 nitrogen and oxygen atoms in total. The van der Waals surface area contributed by atoms with Gasteiger partial charge in [-0.1, -0.05) is 20.8 Å². The molecule has 0 amide bonds. The molecule has 0 atom stereocenters. The van der Waals surface area contributed by atoms with E-state index in [2.05, 4.69) is 31.0 Å². The molecule has 0 aliphatic heterocycles. The van der Waals surface area contributed by atoms with Gasteiger partial charge >= 0.3 is 0 Å². The molecular formula is C9H17N3. The molecule has 0 N–H and O–H groups in total. The zero-order chi connectivity index (χ0) is 9.03. The van der Waals surface area contributed by atoms with Crippen LogP contribution in [0.5, 0.6) is 0 Å². The summed E-state index contributed by atoms with van der Waals surface area (Å²) in [5, 5.41) is 7.50. The molecular weight excluding hydrogens is 150 g/mol. The molecule has 1 aromatic rings. The summed E-state index contributed by atoms with van der Waals surface area (Å²) in [7, 11) is 0. The van der Waals surface area contributed by atoms with Crippen molar-refractivity contribution >= 4 is 0 Å². The first kappa shape index (κ1) is 9.23. The Labute approximate surface area is 73.8 Å². The van der Waals surface area contributed by atoms with Crippen molar-refractivity contribution in [3.63, 3.8) is 0 Å². The molecule has 0 saturated heterocycles. The van der Waals surface area contributed by atoms with Gasteiger partial charge in [0, 0.05) is 6.54 Å². The zero-order valence-electron chi connectivity index (χ0n) is 8.12. The molecule has 1 heterocycles. The Morgan fingerprint density at radius 2 is 1.75 bits per heavy atom. The van der Waals surface area contributed by atoms with Gasteiger partial charge in [-0.2, -0.15) is 0 Å². The summed E-state index contributed by atoms with van der Waals surface area (Å²) in [6, 6.07) is 0. The topological polar surface area (TPSA) is 30.7 Å². The van der Waals surface area contributed by atoms with Gasteiger partial charge in [0.05, 0.1) is 0 Å². The van der Waals surface area contributed by atoms with E-state index in [0.29, 0.717) is 5.41 Å². The largest absolute Gasteiger partial charge is 0.320 e. The predicted octanol–water partition coefficient (Wildman–Crippen LogP) is 2.10. The summed E-state index contributed by atoms with van der Waals surface area (Å²) in [6.45, 7) is 7.82. The molecule has 12 heavy (non-hydrogen) atoms. The van der Waals surface area contributed by atoms with Crippen LogP contribution >= 0.6 is 0 Å². The molecule has 0 aliphatic carbocycles. The van der Waals surface area contributed by atoms with Crippen LogP contribution in [-0.2, 0) is 6.54 Å². The van der Waals surface area contributed by atoms with E-state index in [1.165, 1.54) is 12.8 Å². The third-order valence-corrected chi connectivity index (χ3v) is 1.81. The molecule has 0 aromatic carbocycles. The van der Waals surface area contributed by atoms with Crippen LogP contribution in [0, 0.1) is 5.41 Å². The van der Waals surface area contributed by atoms with Crippen LogP contribution in [0.3, 0.4) is 0 Å². The quantitative estimate of drug-likeness (QED) is 0.690. The van der Waals surface area contributed by atoms with Gasteiger partial charge in [-0.3, -0.25) is 0 Å². The van der Waals surface area contributed by atoms with Gasteiger partial charge in [0.25, 0.3) is 0 Å². The van der Waals surface area contributed by atoms with Crippen molar-refractivity contribution in [2.45, 2.75) is 40.2 Å². The number of aromatic nitrogens is 3. The molecule has 0 radical (unpaired) electrons. The minimum Gasteiger partial charge on any atom is -0.320 e. The second-order valence-electron chi connectivity index (χ2n) is 4.36. The van der Waals surface area contributed by atoms with Gasteiger partial charge in [0.15, 0.2) is 0 Å². The molecule has 0 aliphatic rings. The van der Waals surface area contributed by atoms with Gasteiger partial charge in [-0.05, 0) is 18.3 Å². The summed E-state index contributed by atoms with van der Waals surface area (Å²) in [4.78, 5) is 0. The highest BCUT2D eigenvalue weighted by atomic mass is 15.2. The first-order valence-electron chi connectivity index (χ1n) is 4.40. The Morgan fingerprint density at radius 3 is 2.25 bits per heavy atom. The fourth-order valence-corrected chi connectivity index (χ4v) is 1.13. The Balaban J connectivity index is 2.20. The normalized spacial score (nSPS) is 11.9. The van der Waals surface area contributed by atoms with E-state index >= 15 is 0 Å². The third kappa shape index (κ3) is 3.51. The average molecular weight is 167 g/mol. The van der Waals surface area contributed by atoms with E-state index < -0.39 is 0 Å². The highest BCUT2D eigenvalue weighted by Crippen LogP contribution is 2.20. The van der Waals surface area contributed by atoms with Gasteiger partial charge in [0.2, 0.25) is 0 Å². The summed E-state index contributed by atoms with van der Waals surface area (Å²) in [6.07, 6.45) is 5.97. The number of nitrogens with zero attached hydrogens (tertiary/aromatic N) is 3. The van der Waals surface area contributed by atoms with E-state index in [1.54, 1.807) is 12.7 Å². The minimum atomic E-state index is 0.439. The van der Waals surface area contributed by atoms with Gasteiger partial charge < -0.3 is 4.57 Å². The first-order valence-corrected chi connectivity index (χ1v) is 4.40. The second-order valence-corrected chi connectivity index (χ2v) is 4.36. The van der Waals surface area contributed by atoms with Crippen LogP contribution in [-0.4, -0.2) is 14.8 Å². The van der Waals surface area contributed by atoms with E-state index in [4.69, 9.17) is 0 Å². The smallest absolute Gasteiger partial charge is 0.119 e.